The lowest BCUT2D eigenvalue weighted by Crippen LogP contribution is -2.45. The highest BCUT2D eigenvalue weighted by Gasteiger charge is 2.36. The zero-order valence-corrected chi connectivity index (χ0v) is 12.4. The lowest BCUT2D eigenvalue weighted by atomic mass is 9.84. The van der Waals surface area contributed by atoms with Crippen LogP contribution in [0.5, 0.6) is 5.75 Å². The van der Waals surface area contributed by atoms with Gasteiger partial charge in [-0.05, 0) is 52.5 Å². The number of hydrogen-bond donors (Lipinski definition) is 0. The fourth-order valence-corrected chi connectivity index (χ4v) is 3.40. The Balaban J connectivity index is 1.93. The molecule has 0 aromatic heterocycles. The van der Waals surface area contributed by atoms with Gasteiger partial charge >= 0.3 is 0 Å². The van der Waals surface area contributed by atoms with Gasteiger partial charge in [0.25, 0.3) is 0 Å². The number of fused-ring (bicyclic) bond motifs is 3. The second-order valence-electron chi connectivity index (χ2n) is 5.05. The first-order chi connectivity index (χ1) is 9.19. The van der Waals surface area contributed by atoms with Crippen LogP contribution in [0.3, 0.4) is 0 Å². The molecule has 0 amide bonds. The van der Waals surface area contributed by atoms with Crippen LogP contribution in [0.25, 0.3) is 6.08 Å². The molecule has 3 fully saturated rings. The number of rotatable bonds is 2. The molecule has 100 valence electrons. The van der Waals surface area contributed by atoms with Crippen molar-refractivity contribution in [2.24, 2.45) is 5.92 Å². The molecule has 3 aliphatic rings. The Bertz CT molecular complexity index is 545. The number of Topliss-reactive ketones (excluding diaryl/α,β-unsaturated/α-hetero) is 1. The molecule has 0 aliphatic carbocycles. The number of halogens is 1. The number of ketones is 1. The van der Waals surface area contributed by atoms with Crippen molar-refractivity contribution in [1.82, 2.24) is 4.90 Å². The third-order valence-corrected chi connectivity index (χ3v) is 4.56. The highest BCUT2D eigenvalue weighted by Crippen LogP contribution is 2.33. The smallest absolute Gasteiger partial charge is 0.182 e. The van der Waals surface area contributed by atoms with Gasteiger partial charge in [-0.2, -0.15) is 0 Å². The summed E-state index contributed by atoms with van der Waals surface area (Å²) in [5, 5.41) is 0. The van der Waals surface area contributed by atoms with Crippen LogP contribution in [0.4, 0.5) is 0 Å². The van der Waals surface area contributed by atoms with E-state index in [0.717, 1.165) is 47.4 Å². The molecule has 1 aromatic carbocycles. The van der Waals surface area contributed by atoms with Gasteiger partial charge in [-0.25, -0.2) is 0 Å². The molecule has 19 heavy (non-hydrogen) atoms. The van der Waals surface area contributed by atoms with Crippen molar-refractivity contribution in [3.8, 4) is 5.75 Å². The van der Waals surface area contributed by atoms with Crippen LogP contribution in [0, 0.1) is 5.92 Å². The molecule has 3 aliphatic heterocycles. The second-order valence-corrected chi connectivity index (χ2v) is 5.90. The number of ether oxygens (including phenoxy) is 1. The summed E-state index contributed by atoms with van der Waals surface area (Å²) in [6.45, 7) is 2.03. The average molecular weight is 322 g/mol. The van der Waals surface area contributed by atoms with Gasteiger partial charge < -0.3 is 9.64 Å². The first-order valence-corrected chi connectivity index (χ1v) is 7.33. The summed E-state index contributed by atoms with van der Waals surface area (Å²) in [5.41, 5.74) is 1.91. The maximum absolute atomic E-state index is 12.3. The molecule has 3 nitrogen and oxygen atoms in total. The van der Waals surface area contributed by atoms with Gasteiger partial charge in [0.05, 0.1) is 17.3 Å². The van der Waals surface area contributed by atoms with E-state index in [9.17, 15) is 4.79 Å². The molecule has 3 saturated heterocycles. The van der Waals surface area contributed by atoms with Crippen LogP contribution in [0.1, 0.15) is 18.4 Å². The Kier molecular flexibility index (Phi) is 3.35. The van der Waals surface area contributed by atoms with Crippen molar-refractivity contribution in [3.63, 3.8) is 0 Å². The van der Waals surface area contributed by atoms with Crippen molar-refractivity contribution in [3.05, 3.63) is 33.9 Å². The van der Waals surface area contributed by atoms with Crippen LogP contribution in [-0.4, -0.2) is 30.9 Å². The van der Waals surface area contributed by atoms with Gasteiger partial charge in [-0.15, -0.1) is 0 Å². The Morgan fingerprint density at radius 1 is 1.37 bits per heavy atom. The van der Waals surface area contributed by atoms with E-state index in [1.54, 1.807) is 7.11 Å². The minimum Gasteiger partial charge on any atom is -0.496 e. The van der Waals surface area contributed by atoms with Crippen LogP contribution < -0.4 is 4.74 Å². The van der Waals surface area contributed by atoms with E-state index >= 15 is 0 Å². The minimum absolute atomic E-state index is 0.248. The summed E-state index contributed by atoms with van der Waals surface area (Å²) in [6, 6.07) is 5.88. The van der Waals surface area contributed by atoms with Gasteiger partial charge in [0.2, 0.25) is 0 Å². The summed E-state index contributed by atoms with van der Waals surface area (Å²) in [5.74, 6) is 1.36. The number of carbonyl (C=O) groups is 1. The summed E-state index contributed by atoms with van der Waals surface area (Å²) in [4.78, 5) is 14.5. The summed E-state index contributed by atoms with van der Waals surface area (Å²) in [6.07, 6.45) is 4.03. The first-order valence-electron chi connectivity index (χ1n) is 6.53. The number of methoxy groups -OCH3 is 1. The average Bonchev–Trinajstić information content (AvgIpc) is 2.43. The van der Waals surface area contributed by atoms with Crippen molar-refractivity contribution in [2.45, 2.75) is 12.8 Å². The van der Waals surface area contributed by atoms with Gasteiger partial charge in [0.1, 0.15) is 5.75 Å². The van der Waals surface area contributed by atoms with Gasteiger partial charge in [0, 0.05) is 19.0 Å². The van der Waals surface area contributed by atoms with E-state index in [0.29, 0.717) is 5.78 Å². The summed E-state index contributed by atoms with van der Waals surface area (Å²) >= 11 is 3.48. The minimum atomic E-state index is 0.248. The topological polar surface area (TPSA) is 29.5 Å². The Labute approximate surface area is 121 Å². The third-order valence-electron chi connectivity index (χ3n) is 3.94. The Morgan fingerprint density at radius 2 is 2.11 bits per heavy atom. The SMILES string of the molecule is COc1ccc(C=C2C(=O)C3CCN2CC3)cc1Br. The van der Waals surface area contributed by atoms with Crippen molar-refractivity contribution in [2.75, 3.05) is 20.2 Å². The second kappa shape index (κ2) is 5.00. The Hall–Kier alpha value is -1.29. The fourth-order valence-electron chi connectivity index (χ4n) is 2.84. The zero-order chi connectivity index (χ0) is 13.4. The first kappa shape index (κ1) is 12.7. The largest absolute Gasteiger partial charge is 0.496 e. The molecule has 0 atom stereocenters. The van der Waals surface area contributed by atoms with Gasteiger partial charge in [0.15, 0.2) is 5.78 Å². The molecule has 0 unspecified atom stereocenters. The van der Waals surface area contributed by atoms with Crippen LogP contribution in [0.2, 0.25) is 0 Å². The molecule has 0 N–H and O–H groups in total. The lowest BCUT2D eigenvalue weighted by Gasteiger charge is -2.41. The zero-order valence-electron chi connectivity index (χ0n) is 10.9. The van der Waals surface area contributed by atoms with E-state index in [4.69, 9.17) is 4.74 Å². The fraction of sp³-hybridized carbons (Fsp3) is 0.400. The maximum atomic E-state index is 12.3. The molecular weight excluding hydrogens is 306 g/mol. The highest BCUT2D eigenvalue weighted by molar-refractivity contribution is 9.10. The van der Waals surface area contributed by atoms with E-state index in [1.807, 2.05) is 24.3 Å². The molecule has 3 heterocycles. The normalized spacial score (nSPS) is 21.3. The number of allylic oxidation sites excluding steroid dienone is 1. The molecule has 0 saturated carbocycles. The van der Waals surface area contributed by atoms with E-state index in [2.05, 4.69) is 20.8 Å². The van der Waals surface area contributed by atoms with Crippen LogP contribution in [-0.2, 0) is 4.79 Å². The standard InChI is InChI=1S/C15H16BrNO2/c1-19-14-3-2-10(8-12(14)16)9-13-15(18)11-4-6-17(13)7-5-11/h2-3,8-9,11H,4-7H2,1H3. The van der Waals surface area contributed by atoms with E-state index < -0.39 is 0 Å². The molecule has 0 spiro atoms. The molecule has 0 radical (unpaired) electrons. The van der Waals surface area contributed by atoms with E-state index in [-0.39, 0.29) is 5.92 Å². The quantitative estimate of drug-likeness (QED) is 0.784. The Morgan fingerprint density at radius 3 is 2.68 bits per heavy atom. The third kappa shape index (κ3) is 2.29. The molecular formula is C15H16BrNO2. The van der Waals surface area contributed by atoms with Gasteiger partial charge in [-0.3, -0.25) is 4.79 Å². The maximum Gasteiger partial charge on any atom is 0.182 e. The van der Waals surface area contributed by atoms with Crippen molar-refractivity contribution in [1.29, 1.82) is 0 Å². The highest BCUT2D eigenvalue weighted by atomic mass is 79.9. The predicted octanol–water partition coefficient (Wildman–Crippen LogP) is 3.09. The predicted molar refractivity (Wildman–Crippen MR) is 78.0 cm³/mol. The number of hydrogen-bond acceptors (Lipinski definition) is 3. The molecule has 1 aromatic rings. The van der Waals surface area contributed by atoms with Crippen molar-refractivity contribution >= 4 is 27.8 Å². The summed E-state index contributed by atoms with van der Waals surface area (Å²) < 4.78 is 6.13. The van der Waals surface area contributed by atoms with Crippen LogP contribution in [0.15, 0.2) is 28.4 Å². The number of benzene rings is 1. The van der Waals surface area contributed by atoms with E-state index in [1.165, 1.54) is 0 Å². The number of carbonyl (C=O) groups excluding carboxylic acids is 1. The molecule has 4 heteroatoms. The van der Waals surface area contributed by atoms with Crippen molar-refractivity contribution < 1.29 is 9.53 Å². The molecule has 4 rings (SSSR count). The molecule has 2 bridgehead atoms. The van der Waals surface area contributed by atoms with Crippen LogP contribution >= 0.6 is 15.9 Å². The number of piperidine rings is 3. The van der Waals surface area contributed by atoms with Gasteiger partial charge in [-0.1, -0.05) is 6.07 Å². The lowest BCUT2D eigenvalue weighted by molar-refractivity contribution is -0.125. The number of nitrogens with zero attached hydrogens (tertiary/aromatic N) is 1. The summed E-state index contributed by atoms with van der Waals surface area (Å²) in [7, 11) is 1.65. The monoisotopic (exact) mass is 321 g/mol.